The lowest BCUT2D eigenvalue weighted by atomic mass is 9.79. The number of hydrogen-bond acceptors (Lipinski definition) is 5. The zero-order chi connectivity index (χ0) is 15.5. The molecule has 2 fully saturated rings. The van der Waals surface area contributed by atoms with Gasteiger partial charge in [-0.05, 0) is 19.9 Å². The van der Waals surface area contributed by atoms with Crippen molar-refractivity contribution in [2.75, 3.05) is 31.4 Å². The minimum atomic E-state index is -3.22. The third-order valence-electron chi connectivity index (χ3n) is 4.73. The van der Waals surface area contributed by atoms with E-state index in [2.05, 4.69) is 5.32 Å². The number of nitrogens with zero attached hydrogens (tertiary/aromatic N) is 1. The molecule has 0 aromatic heterocycles. The highest BCUT2D eigenvalue weighted by atomic mass is 32.2. The number of amides is 1. The minimum Gasteiger partial charge on any atom is -0.324 e. The molecule has 122 valence electrons. The van der Waals surface area contributed by atoms with Gasteiger partial charge in [-0.2, -0.15) is 11.8 Å². The molecule has 0 aromatic carbocycles. The van der Waals surface area contributed by atoms with E-state index in [0.29, 0.717) is 18.7 Å². The summed E-state index contributed by atoms with van der Waals surface area (Å²) in [5.41, 5.74) is -0.137. The van der Waals surface area contributed by atoms with E-state index in [4.69, 9.17) is 0 Å². The van der Waals surface area contributed by atoms with Crippen molar-refractivity contribution in [1.29, 1.82) is 0 Å². The number of nitrogens with one attached hydrogen (secondary N) is 1. The van der Waals surface area contributed by atoms with E-state index in [1.165, 1.54) is 12.7 Å². The van der Waals surface area contributed by atoms with Gasteiger partial charge in [-0.3, -0.25) is 4.79 Å². The first-order valence-corrected chi connectivity index (χ1v) is 10.7. The molecule has 1 amide bonds. The van der Waals surface area contributed by atoms with Gasteiger partial charge in [0.2, 0.25) is 5.91 Å². The minimum absolute atomic E-state index is 0.0121. The third kappa shape index (κ3) is 4.13. The van der Waals surface area contributed by atoms with Crippen molar-refractivity contribution in [3.05, 3.63) is 0 Å². The topological polar surface area (TPSA) is 66.5 Å². The van der Waals surface area contributed by atoms with Gasteiger partial charge in [-0.1, -0.05) is 19.3 Å². The second-order valence-corrected chi connectivity index (χ2v) is 9.57. The Morgan fingerprint density at radius 2 is 2.00 bits per heavy atom. The molecule has 1 saturated heterocycles. The summed E-state index contributed by atoms with van der Waals surface area (Å²) >= 11 is 1.61. The van der Waals surface area contributed by atoms with E-state index in [-0.39, 0.29) is 11.4 Å². The molecule has 0 spiro atoms. The summed E-state index contributed by atoms with van der Waals surface area (Å²) in [5.74, 6) is 1.31. The monoisotopic (exact) mass is 334 g/mol. The van der Waals surface area contributed by atoms with Crippen LogP contribution in [-0.2, 0) is 14.6 Å². The number of sulfone groups is 1. The van der Waals surface area contributed by atoms with Gasteiger partial charge in [0.25, 0.3) is 0 Å². The van der Waals surface area contributed by atoms with Crippen LogP contribution < -0.4 is 5.32 Å². The summed E-state index contributed by atoms with van der Waals surface area (Å²) in [6.07, 6.45) is 7.16. The van der Waals surface area contributed by atoms with Gasteiger partial charge in [0.1, 0.15) is 5.37 Å². The van der Waals surface area contributed by atoms with E-state index >= 15 is 0 Å². The predicted octanol–water partition coefficient (Wildman–Crippen LogP) is 1.24. The Kier molecular flexibility index (Phi) is 5.59. The molecule has 21 heavy (non-hydrogen) atoms. The molecule has 0 bridgehead atoms. The molecule has 1 saturated carbocycles. The number of rotatable bonds is 4. The van der Waals surface area contributed by atoms with Crippen LogP contribution in [0.3, 0.4) is 0 Å². The Labute approximate surface area is 132 Å². The van der Waals surface area contributed by atoms with Crippen LogP contribution in [0.15, 0.2) is 0 Å². The molecule has 1 aliphatic heterocycles. The number of hydrogen-bond donors (Lipinski definition) is 1. The summed E-state index contributed by atoms with van der Waals surface area (Å²) in [5, 5.41) is 2.69. The summed E-state index contributed by atoms with van der Waals surface area (Å²) in [6, 6.07) is 0. The van der Waals surface area contributed by atoms with E-state index in [0.717, 1.165) is 31.4 Å². The molecule has 7 heteroatoms. The van der Waals surface area contributed by atoms with Crippen LogP contribution in [0.1, 0.15) is 38.5 Å². The van der Waals surface area contributed by atoms with Gasteiger partial charge >= 0.3 is 0 Å². The van der Waals surface area contributed by atoms with Crippen molar-refractivity contribution in [2.45, 2.75) is 49.4 Å². The van der Waals surface area contributed by atoms with Gasteiger partial charge in [0, 0.05) is 36.3 Å². The van der Waals surface area contributed by atoms with E-state index in [1.54, 1.807) is 16.7 Å². The average molecular weight is 335 g/mol. The molecule has 5 nitrogen and oxygen atoms in total. The van der Waals surface area contributed by atoms with Crippen LogP contribution in [0.25, 0.3) is 0 Å². The second kappa shape index (κ2) is 6.87. The zero-order valence-electron chi connectivity index (χ0n) is 12.9. The predicted molar refractivity (Wildman–Crippen MR) is 87.2 cm³/mol. The second-order valence-electron chi connectivity index (χ2n) is 6.21. The highest BCUT2D eigenvalue weighted by molar-refractivity contribution is 8.00. The van der Waals surface area contributed by atoms with Crippen molar-refractivity contribution in [3.8, 4) is 0 Å². The average Bonchev–Trinajstić information content (AvgIpc) is 2.47. The largest absolute Gasteiger partial charge is 0.324 e. The standard InChI is InChI=1S/C14H26N2O3S2/c1-15-14(6-4-3-5-7-14)10-12(17)16-8-9-20-11-13(16)21(2,18)19/h13,15H,3-11H2,1-2H3. The van der Waals surface area contributed by atoms with Crippen LogP contribution >= 0.6 is 11.8 Å². The Morgan fingerprint density at radius 3 is 2.57 bits per heavy atom. The van der Waals surface area contributed by atoms with Crippen molar-refractivity contribution in [1.82, 2.24) is 10.2 Å². The van der Waals surface area contributed by atoms with E-state index in [1.807, 2.05) is 7.05 Å². The van der Waals surface area contributed by atoms with Crippen molar-refractivity contribution in [3.63, 3.8) is 0 Å². The van der Waals surface area contributed by atoms with Gasteiger partial charge < -0.3 is 10.2 Å². The number of carbonyl (C=O) groups is 1. The molecule has 2 rings (SSSR count). The lowest BCUT2D eigenvalue weighted by Crippen LogP contribution is -2.54. The molecule has 0 radical (unpaired) electrons. The van der Waals surface area contributed by atoms with Crippen LogP contribution in [-0.4, -0.2) is 61.5 Å². The van der Waals surface area contributed by atoms with Gasteiger partial charge in [0.15, 0.2) is 9.84 Å². The maximum atomic E-state index is 12.7. The molecule has 1 aliphatic carbocycles. The van der Waals surface area contributed by atoms with Gasteiger partial charge in [-0.15, -0.1) is 0 Å². The Balaban J connectivity index is 2.10. The summed E-state index contributed by atoms with van der Waals surface area (Å²) in [6.45, 7) is 0.543. The molecule has 2 aliphatic rings. The molecule has 1 unspecified atom stereocenters. The fourth-order valence-electron chi connectivity index (χ4n) is 3.36. The van der Waals surface area contributed by atoms with Crippen molar-refractivity contribution in [2.24, 2.45) is 0 Å². The van der Waals surface area contributed by atoms with Crippen molar-refractivity contribution >= 4 is 27.5 Å². The van der Waals surface area contributed by atoms with Gasteiger partial charge in [-0.25, -0.2) is 8.42 Å². The highest BCUT2D eigenvalue weighted by Crippen LogP contribution is 2.32. The summed E-state index contributed by atoms with van der Waals surface area (Å²) < 4.78 is 23.8. The maximum absolute atomic E-state index is 12.7. The van der Waals surface area contributed by atoms with Crippen LogP contribution in [0.5, 0.6) is 0 Å². The quantitative estimate of drug-likeness (QED) is 0.838. The Bertz CT molecular complexity index is 473. The molecule has 0 aromatic rings. The van der Waals surface area contributed by atoms with E-state index < -0.39 is 15.2 Å². The smallest absolute Gasteiger partial charge is 0.225 e. The SMILES string of the molecule is CNC1(CC(=O)N2CCSCC2S(C)(=O)=O)CCCCC1. The first-order valence-electron chi connectivity index (χ1n) is 7.63. The fourth-order valence-corrected chi connectivity index (χ4v) is 6.19. The first-order chi connectivity index (χ1) is 9.88. The molecule has 1 heterocycles. The van der Waals surface area contributed by atoms with Crippen molar-refractivity contribution < 1.29 is 13.2 Å². The first kappa shape index (κ1) is 17.1. The van der Waals surface area contributed by atoms with E-state index in [9.17, 15) is 13.2 Å². The zero-order valence-corrected chi connectivity index (χ0v) is 14.6. The van der Waals surface area contributed by atoms with Crippen LogP contribution in [0.4, 0.5) is 0 Å². The summed E-state index contributed by atoms with van der Waals surface area (Å²) in [7, 11) is -1.31. The Morgan fingerprint density at radius 1 is 1.33 bits per heavy atom. The number of carbonyl (C=O) groups excluding carboxylic acids is 1. The number of thioether (sulfide) groups is 1. The maximum Gasteiger partial charge on any atom is 0.225 e. The van der Waals surface area contributed by atoms with Gasteiger partial charge in [0.05, 0.1) is 0 Å². The molecule has 1 atom stereocenters. The molecular formula is C14H26N2O3S2. The molecule has 1 N–H and O–H groups in total. The summed E-state index contributed by atoms with van der Waals surface area (Å²) in [4.78, 5) is 14.3. The normalized spacial score (nSPS) is 26.6. The highest BCUT2D eigenvalue weighted by Gasteiger charge is 2.39. The van der Waals surface area contributed by atoms with Crippen LogP contribution in [0.2, 0.25) is 0 Å². The lowest BCUT2D eigenvalue weighted by Gasteiger charge is -2.40. The third-order valence-corrected chi connectivity index (χ3v) is 7.37. The van der Waals surface area contributed by atoms with Crippen LogP contribution in [0, 0.1) is 0 Å². The lowest BCUT2D eigenvalue weighted by molar-refractivity contribution is -0.133. The molecular weight excluding hydrogens is 308 g/mol. The fraction of sp³-hybridized carbons (Fsp3) is 0.929. The Hall–Kier alpha value is -0.270.